The number of hydrogen-bond donors (Lipinski definition) is 0. The minimum absolute atomic E-state index is 0.0628. The highest BCUT2D eigenvalue weighted by molar-refractivity contribution is 5.78. The van der Waals surface area contributed by atoms with Crippen LogP contribution in [0.1, 0.15) is 51.2 Å². The fourth-order valence-electron chi connectivity index (χ4n) is 3.80. The summed E-state index contributed by atoms with van der Waals surface area (Å²) in [7, 11) is 3.02. The van der Waals surface area contributed by atoms with Crippen molar-refractivity contribution in [1.29, 1.82) is 0 Å². The van der Waals surface area contributed by atoms with E-state index < -0.39 is 24.9 Å². The minimum Gasteiger partial charge on any atom is -0.454 e. The zero-order chi connectivity index (χ0) is 29.3. The van der Waals surface area contributed by atoms with Crippen molar-refractivity contribution in [2.45, 2.75) is 66.0 Å². The van der Waals surface area contributed by atoms with E-state index in [4.69, 9.17) is 37.9 Å². The molecule has 0 N–H and O–H groups in total. The Labute approximate surface area is 236 Å². The Morgan fingerprint density at radius 2 is 1.32 bits per heavy atom. The van der Waals surface area contributed by atoms with Crippen molar-refractivity contribution >= 4 is 12.3 Å². The van der Waals surface area contributed by atoms with Crippen LogP contribution in [0.5, 0.6) is 11.5 Å². The summed E-state index contributed by atoms with van der Waals surface area (Å²) in [5, 5.41) is 0. The fourth-order valence-corrected chi connectivity index (χ4v) is 3.80. The molecule has 2 aromatic carbocycles. The third-order valence-corrected chi connectivity index (χ3v) is 5.63. The molecule has 0 fully saturated rings. The van der Waals surface area contributed by atoms with Gasteiger partial charge in [0.05, 0.1) is 18.8 Å². The molecule has 2 aromatic rings. The standard InChI is InChI=1S/C30H42O10/c1-7-8-9-12-24-19-26(37-22(3)39-29(31)35-16-14-33-5)28(25-13-10-11-21(2)18-25)27(20-24)38-23(4)40-30(32)36-17-15-34-6/h10-11,13,18-20,22-23H,7-9,12,14-17H2,1-6H3. The maximum absolute atomic E-state index is 12.1. The third kappa shape index (κ3) is 11.7. The van der Waals surface area contributed by atoms with Gasteiger partial charge >= 0.3 is 12.3 Å². The van der Waals surface area contributed by atoms with Gasteiger partial charge in [-0.3, -0.25) is 0 Å². The van der Waals surface area contributed by atoms with Crippen LogP contribution >= 0.6 is 0 Å². The Balaban J connectivity index is 2.41. The molecule has 0 radical (unpaired) electrons. The summed E-state index contributed by atoms with van der Waals surface area (Å²) in [6.07, 6.45) is 0.193. The molecule has 0 aliphatic heterocycles. The number of hydrogen-bond acceptors (Lipinski definition) is 10. The maximum Gasteiger partial charge on any atom is 0.511 e. The second kappa shape index (κ2) is 18.0. The Bertz CT molecular complexity index is 1000. The van der Waals surface area contributed by atoms with Crippen molar-refractivity contribution < 1.29 is 47.5 Å². The summed E-state index contributed by atoms with van der Waals surface area (Å²) in [5.74, 6) is 0.892. The lowest BCUT2D eigenvalue weighted by molar-refractivity contribution is -0.0585. The van der Waals surface area contributed by atoms with Gasteiger partial charge in [-0.15, -0.1) is 0 Å². The average Bonchev–Trinajstić information content (AvgIpc) is 2.89. The molecule has 0 bridgehead atoms. The fraction of sp³-hybridized carbons (Fsp3) is 0.533. The van der Waals surface area contributed by atoms with Crippen molar-refractivity contribution in [2.24, 2.45) is 0 Å². The van der Waals surface area contributed by atoms with Crippen molar-refractivity contribution in [3.05, 3.63) is 47.5 Å². The van der Waals surface area contributed by atoms with Crippen molar-refractivity contribution in [3.63, 3.8) is 0 Å². The van der Waals surface area contributed by atoms with Crippen molar-refractivity contribution in [1.82, 2.24) is 0 Å². The quantitative estimate of drug-likeness (QED) is 0.121. The van der Waals surface area contributed by atoms with E-state index in [1.807, 2.05) is 43.3 Å². The first kappa shape index (κ1) is 32.7. The first-order valence-corrected chi connectivity index (χ1v) is 13.5. The lowest BCUT2D eigenvalue weighted by atomic mass is 9.97. The number of ether oxygens (including phenoxy) is 8. The van der Waals surface area contributed by atoms with Gasteiger partial charge in [0.1, 0.15) is 24.7 Å². The van der Waals surface area contributed by atoms with Crippen LogP contribution in [-0.4, -0.2) is 65.5 Å². The molecule has 0 heterocycles. The molecule has 40 heavy (non-hydrogen) atoms. The van der Waals surface area contributed by atoms with E-state index >= 15 is 0 Å². The molecular weight excluding hydrogens is 520 g/mol. The third-order valence-electron chi connectivity index (χ3n) is 5.63. The van der Waals surface area contributed by atoms with Crippen LogP contribution in [0.2, 0.25) is 0 Å². The van der Waals surface area contributed by atoms with E-state index in [2.05, 4.69) is 6.92 Å². The molecule has 0 amide bonds. The smallest absolute Gasteiger partial charge is 0.454 e. The number of carbonyl (C=O) groups is 2. The molecule has 2 rings (SSSR count). The second-order valence-electron chi connectivity index (χ2n) is 9.08. The molecular formula is C30H42O10. The molecule has 2 atom stereocenters. The van der Waals surface area contributed by atoms with Gasteiger partial charge in [-0.1, -0.05) is 49.6 Å². The number of carbonyl (C=O) groups excluding carboxylic acids is 2. The van der Waals surface area contributed by atoms with Crippen LogP contribution < -0.4 is 9.47 Å². The lowest BCUT2D eigenvalue weighted by Gasteiger charge is -2.23. The molecule has 2 unspecified atom stereocenters. The normalized spacial score (nSPS) is 12.2. The minimum atomic E-state index is -0.971. The number of benzene rings is 2. The van der Waals surface area contributed by atoms with Crippen LogP contribution in [0.3, 0.4) is 0 Å². The Hall–Kier alpha value is -3.50. The topological polar surface area (TPSA) is 108 Å². The predicted molar refractivity (Wildman–Crippen MR) is 149 cm³/mol. The Morgan fingerprint density at radius 1 is 0.775 bits per heavy atom. The summed E-state index contributed by atoms with van der Waals surface area (Å²) in [6, 6.07) is 11.7. The van der Waals surface area contributed by atoms with Gasteiger partial charge in [0.15, 0.2) is 0 Å². The summed E-state index contributed by atoms with van der Waals surface area (Å²) < 4.78 is 42.7. The maximum atomic E-state index is 12.1. The number of unbranched alkanes of at least 4 members (excludes halogenated alkanes) is 2. The van der Waals surface area contributed by atoms with E-state index in [0.717, 1.165) is 42.4 Å². The van der Waals surface area contributed by atoms with Crippen molar-refractivity contribution in [3.8, 4) is 22.6 Å². The average molecular weight is 563 g/mol. The van der Waals surface area contributed by atoms with Crippen molar-refractivity contribution in [2.75, 3.05) is 40.6 Å². The van der Waals surface area contributed by atoms with Crippen LogP contribution in [0.15, 0.2) is 36.4 Å². The largest absolute Gasteiger partial charge is 0.511 e. The molecule has 0 saturated heterocycles. The van der Waals surface area contributed by atoms with E-state index in [9.17, 15) is 9.59 Å². The summed E-state index contributed by atoms with van der Waals surface area (Å²) in [6.45, 7) is 7.95. The molecule has 222 valence electrons. The Morgan fingerprint density at radius 3 is 1.80 bits per heavy atom. The molecule has 0 aliphatic carbocycles. The number of rotatable bonds is 17. The van der Waals surface area contributed by atoms with Gasteiger partial charge < -0.3 is 37.9 Å². The van der Waals surface area contributed by atoms with Crippen LogP contribution in [0.4, 0.5) is 9.59 Å². The van der Waals surface area contributed by atoms with Gasteiger partial charge in [0, 0.05) is 28.1 Å². The zero-order valence-electron chi connectivity index (χ0n) is 24.4. The summed E-state index contributed by atoms with van der Waals surface area (Å²) in [5.41, 5.74) is 3.42. The molecule has 0 aliphatic rings. The molecule has 10 heteroatoms. The molecule has 0 spiro atoms. The van der Waals surface area contributed by atoms with E-state index in [1.165, 1.54) is 14.2 Å². The molecule has 10 nitrogen and oxygen atoms in total. The van der Waals surface area contributed by atoms with Crippen LogP contribution in [-0.2, 0) is 34.8 Å². The highest BCUT2D eigenvalue weighted by Gasteiger charge is 2.22. The SMILES string of the molecule is CCCCCc1cc(OC(C)OC(=O)OCCOC)c(-c2cccc(C)c2)c(OC(C)OC(=O)OCCOC)c1. The highest BCUT2D eigenvalue weighted by atomic mass is 16.8. The second-order valence-corrected chi connectivity index (χ2v) is 9.08. The van der Waals surface area contributed by atoms with Gasteiger partial charge in [0.2, 0.25) is 12.6 Å². The van der Waals surface area contributed by atoms with E-state index in [-0.39, 0.29) is 26.4 Å². The van der Waals surface area contributed by atoms with Crippen LogP contribution in [0, 0.1) is 6.92 Å². The van der Waals surface area contributed by atoms with Crippen LogP contribution in [0.25, 0.3) is 11.1 Å². The summed E-state index contributed by atoms with van der Waals surface area (Å²) >= 11 is 0. The molecule has 0 aromatic heterocycles. The zero-order valence-corrected chi connectivity index (χ0v) is 24.4. The van der Waals surface area contributed by atoms with Gasteiger partial charge in [-0.2, -0.15) is 0 Å². The number of methoxy groups -OCH3 is 2. The van der Waals surface area contributed by atoms with Gasteiger partial charge in [-0.25, -0.2) is 9.59 Å². The monoisotopic (exact) mass is 562 g/mol. The van der Waals surface area contributed by atoms with Gasteiger partial charge in [-0.05, 0) is 43.0 Å². The first-order chi connectivity index (χ1) is 19.3. The number of aryl methyl sites for hydroxylation is 2. The van der Waals surface area contributed by atoms with E-state index in [0.29, 0.717) is 17.1 Å². The highest BCUT2D eigenvalue weighted by Crippen LogP contribution is 2.41. The Kier molecular flexibility index (Phi) is 14.7. The predicted octanol–water partition coefficient (Wildman–Crippen LogP) is 6.44. The lowest BCUT2D eigenvalue weighted by Crippen LogP contribution is -2.24. The molecule has 0 saturated carbocycles. The van der Waals surface area contributed by atoms with E-state index in [1.54, 1.807) is 13.8 Å². The van der Waals surface area contributed by atoms with Gasteiger partial charge in [0.25, 0.3) is 0 Å². The first-order valence-electron chi connectivity index (χ1n) is 13.5. The summed E-state index contributed by atoms with van der Waals surface area (Å²) in [4.78, 5) is 24.2.